The number of rotatable bonds is 8. The zero-order chi connectivity index (χ0) is 20.6. The Bertz CT molecular complexity index is 802. The molecule has 0 bridgehead atoms. The average Bonchev–Trinajstić information content (AvgIpc) is 2.74. The van der Waals surface area contributed by atoms with Crippen LogP contribution in [0.25, 0.3) is 0 Å². The fourth-order valence-corrected chi connectivity index (χ4v) is 3.87. The van der Waals surface area contributed by atoms with Gasteiger partial charge < -0.3 is 24.6 Å². The van der Waals surface area contributed by atoms with Gasteiger partial charge in [0.1, 0.15) is 6.54 Å². The number of piperidine rings is 1. The largest absolute Gasteiger partial charge is 0.493 e. The maximum Gasteiger partial charge on any atom is 0.279 e. The molecule has 3 rings (SSSR count). The number of para-hydroxylation sites is 1. The predicted molar refractivity (Wildman–Crippen MR) is 116 cm³/mol. The topological polar surface area (TPSA) is 55.2 Å². The van der Waals surface area contributed by atoms with E-state index in [-0.39, 0.29) is 5.91 Å². The molecule has 1 aliphatic heterocycles. The maximum atomic E-state index is 12.5. The molecular weight excluding hydrogens is 366 g/mol. The predicted octanol–water partition coefficient (Wildman–Crippen LogP) is 2.35. The maximum absolute atomic E-state index is 12.5. The zero-order valence-electron chi connectivity index (χ0n) is 17.7. The number of benzene rings is 2. The fraction of sp³-hybridized carbons (Fsp3) is 0.435. The van der Waals surface area contributed by atoms with E-state index in [0.29, 0.717) is 18.8 Å². The number of methoxy groups -OCH3 is 2. The quantitative estimate of drug-likeness (QED) is 0.717. The SMILES string of the molecule is COc1cccc(C[NH+](C)CC(=O)Nc2ccc(N3CCCCC3)cc2)c1OC. The highest BCUT2D eigenvalue weighted by Gasteiger charge is 2.16. The van der Waals surface area contributed by atoms with Crippen molar-refractivity contribution >= 4 is 17.3 Å². The number of hydrogen-bond donors (Lipinski definition) is 2. The van der Waals surface area contributed by atoms with Crippen molar-refractivity contribution in [2.75, 3.05) is 51.1 Å². The number of nitrogens with one attached hydrogen (secondary N) is 2. The number of carbonyl (C=O) groups is 1. The van der Waals surface area contributed by atoms with Crippen molar-refractivity contribution in [2.24, 2.45) is 0 Å². The van der Waals surface area contributed by atoms with Crippen molar-refractivity contribution in [1.29, 1.82) is 0 Å². The molecule has 6 nitrogen and oxygen atoms in total. The van der Waals surface area contributed by atoms with E-state index >= 15 is 0 Å². The number of nitrogens with zero attached hydrogens (tertiary/aromatic N) is 1. The van der Waals surface area contributed by atoms with Crippen LogP contribution in [0.1, 0.15) is 24.8 Å². The van der Waals surface area contributed by atoms with Crippen LogP contribution in [0, 0.1) is 0 Å². The summed E-state index contributed by atoms with van der Waals surface area (Å²) in [5.41, 5.74) is 3.08. The molecule has 2 N–H and O–H groups in total. The lowest BCUT2D eigenvalue weighted by Crippen LogP contribution is -3.08. The molecule has 1 atom stereocenters. The molecule has 1 aliphatic rings. The van der Waals surface area contributed by atoms with Gasteiger partial charge in [-0.2, -0.15) is 0 Å². The molecule has 0 aromatic heterocycles. The highest BCUT2D eigenvalue weighted by Crippen LogP contribution is 2.30. The second-order valence-electron chi connectivity index (χ2n) is 7.61. The van der Waals surface area contributed by atoms with E-state index < -0.39 is 0 Å². The Kier molecular flexibility index (Phi) is 7.36. The molecule has 0 radical (unpaired) electrons. The molecule has 1 heterocycles. The van der Waals surface area contributed by atoms with Crippen molar-refractivity contribution in [3.8, 4) is 11.5 Å². The Balaban J connectivity index is 1.54. The highest BCUT2D eigenvalue weighted by molar-refractivity contribution is 5.91. The molecule has 0 aliphatic carbocycles. The van der Waals surface area contributed by atoms with Gasteiger partial charge in [0.05, 0.1) is 26.8 Å². The van der Waals surface area contributed by atoms with Gasteiger partial charge in [0.2, 0.25) is 0 Å². The second-order valence-corrected chi connectivity index (χ2v) is 7.61. The van der Waals surface area contributed by atoms with Crippen LogP contribution in [-0.4, -0.2) is 46.8 Å². The minimum atomic E-state index is -0.00455. The minimum Gasteiger partial charge on any atom is -0.493 e. The van der Waals surface area contributed by atoms with Crippen molar-refractivity contribution in [3.63, 3.8) is 0 Å². The first kappa shape index (κ1) is 21.0. The fourth-order valence-electron chi connectivity index (χ4n) is 3.87. The third-order valence-electron chi connectivity index (χ3n) is 5.31. The van der Waals surface area contributed by atoms with Gasteiger partial charge in [-0.1, -0.05) is 6.07 Å². The molecule has 1 fully saturated rings. The van der Waals surface area contributed by atoms with Crippen LogP contribution in [0.15, 0.2) is 42.5 Å². The summed E-state index contributed by atoms with van der Waals surface area (Å²) < 4.78 is 10.8. The molecule has 2 aromatic rings. The number of hydrogen-bond acceptors (Lipinski definition) is 4. The van der Waals surface area contributed by atoms with Crippen molar-refractivity contribution < 1.29 is 19.2 Å². The zero-order valence-corrected chi connectivity index (χ0v) is 17.7. The number of amides is 1. The van der Waals surface area contributed by atoms with E-state index in [0.717, 1.165) is 35.0 Å². The summed E-state index contributed by atoms with van der Waals surface area (Å²) in [5.74, 6) is 1.43. The molecule has 1 amide bonds. The molecule has 156 valence electrons. The molecule has 0 spiro atoms. The van der Waals surface area contributed by atoms with Crippen molar-refractivity contribution in [3.05, 3.63) is 48.0 Å². The van der Waals surface area contributed by atoms with Crippen LogP contribution in [0.2, 0.25) is 0 Å². The van der Waals surface area contributed by atoms with Gasteiger partial charge in [0.15, 0.2) is 18.0 Å². The summed E-state index contributed by atoms with van der Waals surface area (Å²) in [5, 5.41) is 3.01. The summed E-state index contributed by atoms with van der Waals surface area (Å²) in [6.45, 7) is 3.27. The standard InChI is InChI=1S/C23H31N3O3/c1-25(16-18-8-7-9-21(28-2)23(18)29-3)17-22(27)24-19-10-12-20(13-11-19)26-14-5-4-6-15-26/h7-13H,4-6,14-17H2,1-3H3,(H,24,27)/p+1. The monoisotopic (exact) mass is 398 g/mol. The van der Waals surface area contributed by atoms with E-state index in [2.05, 4.69) is 22.3 Å². The van der Waals surface area contributed by atoms with E-state index in [1.54, 1.807) is 14.2 Å². The van der Waals surface area contributed by atoms with E-state index in [1.165, 1.54) is 24.9 Å². The molecular formula is C23H32N3O3+. The van der Waals surface area contributed by atoms with Crippen LogP contribution in [0.3, 0.4) is 0 Å². The van der Waals surface area contributed by atoms with Crippen LogP contribution >= 0.6 is 0 Å². The summed E-state index contributed by atoms with van der Waals surface area (Å²) in [4.78, 5) is 16.0. The third-order valence-corrected chi connectivity index (χ3v) is 5.31. The second kappa shape index (κ2) is 10.2. The third kappa shape index (κ3) is 5.64. The van der Waals surface area contributed by atoms with Gasteiger partial charge in [-0.05, 0) is 55.7 Å². The van der Waals surface area contributed by atoms with Crippen molar-refractivity contribution in [2.45, 2.75) is 25.8 Å². The molecule has 29 heavy (non-hydrogen) atoms. The van der Waals surface area contributed by atoms with E-state index in [1.807, 2.05) is 37.4 Å². The van der Waals surface area contributed by atoms with Gasteiger partial charge in [-0.15, -0.1) is 0 Å². The smallest absolute Gasteiger partial charge is 0.279 e. The first-order chi connectivity index (χ1) is 14.1. The Morgan fingerprint density at radius 3 is 2.41 bits per heavy atom. The number of likely N-dealkylation sites (N-methyl/N-ethyl adjacent to an activating group) is 1. The van der Waals surface area contributed by atoms with Gasteiger partial charge in [-0.25, -0.2) is 0 Å². The lowest BCUT2D eigenvalue weighted by atomic mass is 10.1. The lowest BCUT2D eigenvalue weighted by Gasteiger charge is -2.28. The van der Waals surface area contributed by atoms with E-state index in [4.69, 9.17) is 9.47 Å². The normalized spacial score (nSPS) is 14.9. The number of carbonyl (C=O) groups excluding carboxylic acids is 1. The first-order valence-electron chi connectivity index (χ1n) is 10.3. The number of ether oxygens (including phenoxy) is 2. The summed E-state index contributed by atoms with van der Waals surface area (Å²) in [7, 11) is 5.26. The van der Waals surface area contributed by atoms with Crippen LogP contribution in [0.5, 0.6) is 11.5 Å². The average molecular weight is 399 g/mol. The van der Waals surface area contributed by atoms with Gasteiger partial charge in [0, 0.05) is 24.5 Å². The van der Waals surface area contributed by atoms with E-state index in [9.17, 15) is 4.79 Å². The summed E-state index contributed by atoms with van der Waals surface area (Å²) >= 11 is 0. The van der Waals surface area contributed by atoms with Crippen LogP contribution < -0.4 is 24.6 Å². The summed E-state index contributed by atoms with van der Waals surface area (Å²) in [6, 6.07) is 14.0. The molecule has 1 unspecified atom stereocenters. The minimum absolute atomic E-state index is 0.00455. The van der Waals surface area contributed by atoms with Crippen LogP contribution in [0.4, 0.5) is 11.4 Å². The first-order valence-corrected chi connectivity index (χ1v) is 10.3. The Morgan fingerprint density at radius 2 is 1.76 bits per heavy atom. The Labute approximate surface area is 173 Å². The lowest BCUT2D eigenvalue weighted by molar-refractivity contribution is -0.885. The Morgan fingerprint density at radius 1 is 1.03 bits per heavy atom. The van der Waals surface area contributed by atoms with Gasteiger partial charge >= 0.3 is 0 Å². The number of anilines is 2. The Hall–Kier alpha value is -2.73. The van der Waals surface area contributed by atoms with Crippen LogP contribution in [-0.2, 0) is 11.3 Å². The molecule has 0 saturated carbocycles. The van der Waals surface area contributed by atoms with Gasteiger partial charge in [0.25, 0.3) is 5.91 Å². The van der Waals surface area contributed by atoms with Crippen molar-refractivity contribution in [1.82, 2.24) is 0 Å². The number of quaternary nitrogens is 1. The molecule has 1 saturated heterocycles. The van der Waals surface area contributed by atoms with Gasteiger partial charge in [-0.3, -0.25) is 4.79 Å². The summed E-state index contributed by atoms with van der Waals surface area (Å²) in [6.07, 6.45) is 3.83. The highest BCUT2D eigenvalue weighted by atomic mass is 16.5. The molecule has 6 heteroatoms. The molecule has 2 aromatic carbocycles.